The molecule has 1 fully saturated rings. The van der Waals surface area contributed by atoms with Gasteiger partial charge in [0.25, 0.3) is 0 Å². The molecule has 2 heterocycles. The summed E-state index contributed by atoms with van der Waals surface area (Å²) in [4.78, 5) is 16.3. The lowest BCUT2D eigenvalue weighted by Gasteiger charge is -2.12. The Kier molecular flexibility index (Phi) is 4.98. The predicted octanol–water partition coefficient (Wildman–Crippen LogP) is 3.19. The number of para-hydroxylation sites is 1. The van der Waals surface area contributed by atoms with Gasteiger partial charge in [0.15, 0.2) is 5.65 Å². The van der Waals surface area contributed by atoms with Crippen molar-refractivity contribution in [2.45, 2.75) is 19.3 Å². The lowest BCUT2D eigenvalue weighted by molar-refractivity contribution is -0.122. The van der Waals surface area contributed by atoms with Gasteiger partial charge in [0.1, 0.15) is 11.6 Å². The molecule has 0 bridgehead atoms. The molecule has 1 saturated carbocycles. The van der Waals surface area contributed by atoms with Crippen molar-refractivity contribution in [2.24, 2.45) is 5.92 Å². The molecule has 0 saturated heterocycles. The highest BCUT2D eigenvalue weighted by atomic mass is 79.9. The highest BCUT2D eigenvalue weighted by Crippen LogP contribution is 2.31. The van der Waals surface area contributed by atoms with E-state index >= 15 is 0 Å². The van der Waals surface area contributed by atoms with Crippen LogP contribution in [-0.4, -0.2) is 38.7 Å². The van der Waals surface area contributed by atoms with E-state index in [1.54, 1.807) is 22.8 Å². The second-order valence-electron chi connectivity index (χ2n) is 6.62. The zero-order valence-corrected chi connectivity index (χ0v) is 16.2. The summed E-state index contributed by atoms with van der Waals surface area (Å²) in [6.07, 6.45) is 4.53. The third kappa shape index (κ3) is 3.90. The molecule has 27 heavy (non-hydrogen) atoms. The summed E-state index contributed by atoms with van der Waals surface area (Å²) in [7, 11) is 0. The van der Waals surface area contributed by atoms with Gasteiger partial charge in [0.2, 0.25) is 5.91 Å². The fourth-order valence-electron chi connectivity index (χ4n) is 2.90. The van der Waals surface area contributed by atoms with Gasteiger partial charge < -0.3 is 15.7 Å². The number of hydrogen-bond acceptors (Lipinski definition) is 5. The van der Waals surface area contributed by atoms with Gasteiger partial charge in [-0.05, 0) is 47.3 Å². The highest BCUT2D eigenvalue weighted by molar-refractivity contribution is 9.10. The van der Waals surface area contributed by atoms with Crippen LogP contribution in [0.1, 0.15) is 19.3 Å². The molecular formula is C19H20BrN5O2. The first-order chi connectivity index (χ1) is 13.1. The fourth-order valence-corrected chi connectivity index (χ4v) is 3.24. The van der Waals surface area contributed by atoms with Crippen LogP contribution in [0.25, 0.3) is 16.9 Å². The molecular weight excluding hydrogens is 410 g/mol. The number of nitrogens with zero attached hydrogens (tertiary/aromatic N) is 3. The Labute approximate surface area is 164 Å². The van der Waals surface area contributed by atoms with Crippen LogP contribution in [0.3, 0.4) is 0 Å². The number of aromatic nitrogens is 3. The van der Waals surface area contributed by atoms with Gasteiger partial charge in [0.05, 0.1) is 16.4 Å². The van der Waals surface area contributed by atoms with Crippen LogP contribution in [0.2, 0.25) is 0 Å². The zero-order valence-electron chi connectivity index (χ0n) is 14.7. The maximum absolute atomic E-state index is 11.7. The molecule has 2 aromatic heterocycles. The first kappa shape index (κ1) is 17.8. The number of phenols is 1. The zero-order chi connectivity index (χ0) is 18.8. The van der Waals surface area contributed by atoms with E-state index < -0.39 is 0 Å². The van der Waals surface area contributed by atoms with Gasteiger partial charge in [-0.2, -0.15) is 9.61 Å². The van der Waals surface area contributed by atoms with Gasteiger partial charge in [-0.15, -0.1) is 0 Å². The van der Waals surface area contributed by atoms with Crippen LogP contribution in [-0.2, 0) is 4.79 Å². The Morgan fingerprint density at radius 2 is 2.11 bits per heavy atom. The Bertz CT molecular complexity index is 983. The minimum Gasteiger partial charge on any atom is -0.507 e. The molecule has 1 amide bonds. The van der Waals surface area contributed by atoms with Crippen LogP contribution < -0.4 is 10.6 Å². The number of anilines is 1. The number of rotatable bonds is 7. The first-order valence-electron chi connectivity index (χ1n) is 8.97. The standard InChI is InChI=1S/C19H20BrN5O2/c20-14-11-23-25-17(21-8-3-9-22-19(27)12-6-7-12)10-15(24-18(14)25)13-4-1-2-5-16(13)26/h1-2,4-5,10-12,21,26H,3,6-9H2,(H,22,27). The lowest BCUT2D eigenvalue weighted by atomic mass is 10.1. The minimum atomic E-state index is 0.166. The SMILES string of the molecule is O=C(NCCCNc1cc(-c2ccccc2O)nc2c(Br)cnn12)C1CC1. The Balaban J connectivity index is 1.50. The number of carbonyl (C=O) groups is 1. The number of benzene rings is 1. The summed E-state index contributed by atoms with van der Waals surface area (Å²) < 4.78 is 2.50. The van der Waals surface area contributed by atoms with Crippen LogP contribution in [0.4, 0.5) is 5.82 Å². The summed E-state index contributed by atoms with van der Waals surface area (Å²) in [5.74, 6) is 1.36. The van der Waals surface area contributed by atoms with E-state index in [1.165, 1.54) is 0 Å². The summed E-state index contributed by atoms with van der Waals surface area (Å²) >= 11 is 3.47. The fraction of sp³-hybridized carbons (Fsp3) is 0.316. The van der Waals surface area contributed by atoms with Crippen LogP contribution >= 0.6 is 15.9 Å². The number of phenolic OH excluding ortho intramolecular Hbond substituents is 1. The van der Waals surface area contributed by atoms with Crippen LogP contribution in [0, 0.1) is 5.92 Å². The molecule has 3 aromatic rings. The summed E-state index contributed by atoms with van der Waals surface area (Å²) in [5.41, 5.74) is 1.99. The van der Waals surface area contributed by atoms with E-state index in [1.807, 2.05) is 18.2 Å². The molecule has 8 heteroatoms. The van der Waals surface area contributed by atoms with E-state index in [9.17, 15) is 9.90 Å². The smallest absolute Gasteiger partial charge is 0.223 e. The third-order valence-corrected chi connectivity index (χ3v) is 5.08. The van der Waals surface area contributed by atoms with E-state index in [0.29, 0.717) is 30.0 Å². The number of carbonyl (C=O) groups excluding carboxylic acids is 1. The molecule has 0 radical (unpaired) electrons. The Hall–Kier alpha value is -2.61. The van der Waals surface area contributed by atoms with Crippen LogP contribution in [0.5, 0.6) is 5.75 Å². The highest BCUT2D eigenvalue weighted by Gasteiger charge is 2.28. The van der Waals surface area contributed by atoms with Crippen molar-refractivity contribution in [2.75, 3.05) is 18.4 Å². The molecule has 0 atom stereocenters. The van der Waals surface area contributed by atoms with Gasteiger partial charge >= 0.3 is 0 Å². The lowest BCUT2D eigenvalue weighted by Crippen LogP contribution is -2.27. The maximum atomic E-state index is 11.7. The number of hydrogen-bond donors (Lipinski definition) is 3. The summed E-state index contributed by atoms with van der Waals surface area (Å²) in [6, 6.07) is 8.98. The van der Waals surface area contributed by atoms with Crippen molar-refractivity contribution >= 4 is 33.3 Å². The molecule has 0 spiro atoms. The van der Waals surface area contributed by atoms with Crippen molar-refractivity contribution < 1.29 is 9.90 Å². The molecule has 140 valence electrons. The van der Waals surface area contributed by atoms with E-state index in [2.05, 4.69) is 36.6 Å². The van der Waals surface area contributed by atoms with Gasteiger partial charge in [-0.25, -0.2) is 4.98 Å². The number of fused-ring (bicyclic) bond motifs is 1. The Morgan fingerprint density at radius 1 is 1.30 bits per heavy atom. The van der Waals surface area contributed by atoms with Gasteiger partial charge in [-0.1, -0.05) is 12.1 Å². The molecule has 0 aliphatic heterocycles. The number of halogens is 1. The second-order valence-corrected chi connectivity index (χ2v) is 7.47. The molecule has 7 nitrogen and oxygen atoms in total. The van der Waals surface area contributed by atoms with E-state index in [0.717, 1.165) is 29.6 Å². The average Bonchev–Trinajstić information content (AvgIpc) is 3.45. The van der Waals surface area contributed by atoms with E-state index in [-0.39, 0.29) is 17.6 Å². The number of nitrogens with one attached hydrogen (secondary N) is 2. The third-order valence-electron chi connectivity index (χ3n) is 4.52. The molecule has 1 aliphatic rings. The van der Waals surface area contributed by atoms with Crippen molar-refractivity contribution in [3.05, 3.63) is 41.0 Å². The quantitative estimate of drug-likeness (QED) is 0.501. The minimum absolute atomic E-state index is 0.166. The molecule has 1 aromatic carbocycles. The maximum Gasteiger partial charge on any atom is 0.223 e. The van der Waals surface area contributed by atoms with Crippen LogP contribution in [0.15, 0.2) is 41.0 Å². The average molecular weight is 430 g/mol. The Morgan fingerprint density at radius 3 is 2.89 bits per heavy atom. The van der Waals surface area contributed by atoms with Crippen molar-refractivity contribution in [1.82, 2.24) is 19.9 Å². The largest absolute Gasteiger partial charge is 0.507 e. The summed E-state index contributed by atoms with van der Waals surface area (Å²) in [6.45, 7) is 1.33. The second kappa shape index (κ2) is 7.56. The van der Waals surface area contributed by atoms with Crippen molar-refractivity contribution in [3.63, 3.8) is 0 Å². The number of aromatic hydroxyl groups is 1. The normalized spacial score (nSPS) is 13.7. The monoisotopic (exact) mass is 429 g/mol. The first-order valence-corrected chi connectivity index (χ1v) is 9.77. The molecule has 3 N–H and O–H groups in total. The molecule has 0 unspecified atom stereocenters. The van der Waals surface area contributed by atoms with Gasteiger partial charge in [0, 0.05) is 30.6 Å². The van der Waals surface area contributed by atoms with Crippen molar-refractivity contribution in [1.29, 1.82) is 0 Å². The van der Waals surface area contributed by atoms with E-state index in [4.69, 9.17) is 0 Å². The predicted molar refractivity (Wildman–Crippen MR) is 107 cm³/mol. The molecule has 4 rings (SSSR count). The van der Waals surface area contributed by atoms with Gasteiger partial charge in [-0.3, -0.25) is 4.79 Å². The molecule has 1 aliphatic carbocycles. The summed E-state index contributed by atoms with van der Waals surface area (Å²) in [5, 5.41) is 20.8. The van der Waals surface area contributed by atoms with Crippen molar-refractivity contribution in [3.8, 4) is 17.0 Å². The topological polar surface area (TPSA) is 91.5 Å². The number of amides is 1.